The van der Waals surface area contributed by atoms with Crippen molar-refractivity contribution in [3.63, 3.8) is 0 Å². The van der Waals surface area contributed by atoms with Gasteiger partial charge in [-0.1, -0.05) is 5.92 Å². The van der Waals surface area contributed by atoms with Gasteiger partial charge in [-0.05, 0) is 0 Å². The third-order valence-electron chi connectivity index (χ3n) is 2.31. The normalized spacial score (nSPS) is 17.9. The minimum Gasteiger partial charge on any atom is -0.375 e. The van der Waals surface area contributed by atoms with Crippen molar-refractivity contribution in [2.24, 2.45) is 0 Å². The number of methoxy groups -OCH3 is 1. The number of hydrogen-bond acceptors (Lipinski definition) is 3. The van der Waals surface area contributed by atoms with Crippen LogP contribution in [0.15, 0.2) is 0 Å². The zero-order chi connectivity index (χ0) is 10.4. The van der Waals surface area contributed by atoms with Crippen LogP contribution in [-0.4, -0.2) is 62.1 Å². The monoisotopic (exact) mass is 196 g/mol. The molecule has 0 unspecified atom stereocenters. The van der Waals surface area contributed by atoms with Crippen molar-refractivity contribution in [3.05, 3.63) is 0 Å². The van der Waals surface area contributed by atoms with E-state index in [-0.39, 0.29) is 12.5 Å². The molecule has 1 heterocycles. The summed E-state index contributed by atoms with van der Waals surface area (Å²) >= 11 is 0. The average Bonchev–Trinajstić information content (AvgIpc) is 2.20. The Balaban J connectivity index is 2.28. The summed E-state index contributed by atoms with van der Waals surface area (Å²) in [5, 5.41) is 0. The third kappa shape index (κ3) is 3.02. The summed E-state index contributed by atoms with van der Waals surface area (Å²) in [4.78, 5) is 15.4. The van der Waals surface area contributed by atoms with E-state index in [0.717, 1.165) is 26.2 Å². The SMILES string of the molecule is C#CCN1CCN(C(=O)COC)CC1. The molecule has 0 aromatic carbocycles. The molecule has 0 N–H and O–H groups in total. The molecule has 0 aliphatic carbocycles. The van der Waals surface area contributed by atoms with Gasteiger partial charge in [0.25, 0.3) is 0 Å². The fraction of sp³-hybridized carbons (Fsp3) is 0.700. The Morgan fingerprint density at radius 3 is 2.57 bits per heavy atom. The fourth-order valence-electron chi connectivity index (χ4n) is 1.50. The lowest BCUT2D eigenvalue weighted by Gasteiger charge is -2.33. The first-order valence-electron chi connectivity index (χ1n) is 4.70. The van der Waals surface area contributed by atoms with Gasteiger partial charge < -0.3 is 9.64 Å². The van der Waals surface area contributed by atoms with Crippen molar-refractivity contribution < 1.29 is 9.53 Å². The molecule has 14 heavy (non-hydrogen) atoms. The summed E-state index contributed by atoms with van der Waals surface area (Å²) in [5.74, 6) is 2.67. The summed E-state index contributed by atoms with van der Waals surface area (Å²) in [6.07, 6.45) is 5.21. The molecule has 1 fully saturated rings. The second-order valence-electron chi connectivity index (χ2n) is 3.29. The van der Waals surface area contributed by atoms with Crippen molar-refractivity contribution in [2.75, 3.05) is 46.4 Å². The molecule has 0 aromatic rings. The van der Waals surface area contributed by atoms with Gasteiger partial charge >= 0.3 is 0 Å². The Labute approximate surface area is 84.8 Å². The molecule has 78 valence electrons. The molecule has 0 aromatic heterocycles. The fourth-order valence-corrected chi connectivity index (χ4v) is 1.50. The number of terminal acetylenes is 1. The summed E-state index contributed by atoms with van der Waals surface area (Å²) in [6.45, 7) is 4.08. The maximum atomic E-state index is 11.4. The maximum Gasteiger partial charge on any atom is 0.248 e. The highest BCUT2D eigenvalue weighted by Gasteiger charge is 2.19. The van der Waals surface area contributed by atoms with Crippen LogP contribution < -0.4 is 0 Å². The molecule has 0 atom stereocenters. The van der Waals surface area contributed by atoms with E-state index in [0.29, 0.717) is 6.54 Å². The number of nitrogens with zero attached hydrogens (tertiary/aromatic N) is 2. The molecule has 1 rings (SSSR count). The van der Waals surface area contributed by atoms with Gasteiger partial charge in [0.15, 0.2) is 0 Å². The first kappa shape index (κ1) is 11.0. The molecule has 0 spiro atoms. The van der Waals surface area contributed by atoms with Crippen molar-refractivity contribution >= 4 is 5.91 Å². The standard InChI is InChI=1S/C10H16N2O2/c1-3-4-11-5-7-12(8-6-11)10(13)9-14-2/h1H,4-9H2,2H3. The molecule has 1 saturated heterocycles. The van der Waals surface area contributed by atoms with Crippen LogP contribution in [-0.2, 0) is 9.53 Å². The van der Waals surface area contributed by atoms with Gasteiger partial charge in [-0.15, -0.1) is 6.42 Å². The first-order valence-corrected chi connectivity index (χ1v) is 4.70. The summed E-state index contributed by atoms with van der Waals surface area (Å²) in [5.41, 5.74) is 0. The van der Waals surface area contributed by atoms with Crippen LogP contribution in [0, 0.1) is 12.3 Å². The quantitative estimate of drug-likeness (QED) is 0.566. The molecule has 1 aliphatic heterocycles. The Hall–Kier alpha value is -1.05. The number of carbonyl (C=O) groups is 1. The number of carbonyl (C=O) groups excluding carboxylic acids is 1. The number of rotatable bonds is 3. The van der Waals surface area contributed by atoms with Crippen molar-refractivity contribution in [1.82, 2.24) is 9.80 Å². The average molecular weight is 196 g/mol. The topological polar surface area (TPSA) is 32.8 Å². The van der Waals surface area contributed by atoms with Crippen LogP contribution in [0.25, 0.3) is 0 Å². The number of amides is 1. The van der Waals surface area contributed by atoms with Crippen LogP contribution in [0.4, 0.5) is 0 Å². The zero-order valence-electron chi connectivity index (χ0n) is 8.53. The van der Waals surface area contributed by atoms with Crippen LogP contribution in [0.2, 0.25) is 0 Å². The van der Waals surface area contributed by atoms with Crippen LogP contribution in [0.3, 0.4) is 0 Å². The van der Waals surface area contributed by atoms with E-state index >= 15 is 0 Å². The van der Waals surface area contributed by atoms with Crippen LogP contribution >= 0.6 is 0 Å². The van der Waals surface area contributed by atoms with E-state index in [1.54, 1.807) is 0 Å². The van der Waals surface area contributed by atoms with E-state index in [1.807, 2.05) is 4.90 Å². The molecular formula is C10H16N2O2. The molecule has 0 bridgehead atoms. The van der Waals surface area contributed by atoms with E-state index in [9.17, 15) is 4.79 Å². The van der Waals surface area contributed by atoms with Gasteiger partial charge in [-0.25, -0.2) is 0 Å². The van der Waals surface area contributed by atoms with Gasteiger partial charge in [0.1, 0.15) is 6.61 Å². The lowest BCUT2D eigenvalue weighted by atomic mass is 10.3. The van der Waals surface area contributed by atoms with Gasteiger partial charge in [0.2, 0.25) is 5.91 Å². The summed E-state index contributed by atoms with van der Waals surface area (Å²) in [7, 11) is 1.53. The second-order valence-corrected chi connectivity index (χ2v) is 3.29. The Kier molecular flexibility index (Phi) is 4.44. The number of hydrogen-bond donors (Lipinski definition) is 0. The molecule has 0 saturated carbocycles. The van der Waals surface area contributed by atoms with Gasteiger partial charge in [-0.3, -0.25) is 9.69 Å². The molecule has 1 aliphatic rings. The van der Waals surface area contributed by atoms with Gasteiger partial charge in [0, 0.05) is 33.3 Å². The van der Waals surface area contributed by atoms with E-state index in [2.05, 4.69) is 10.8 Å². The first-order chi connectivity index (χ1) is 6.77. The summed E-state index contributed by atoms with van der Waals surface area (Å²) < 4.78 is 4.79. The largest absolute Gasteiger partial charge is 0.375 e. The van der Waals surface area contributed by atoms with Crippen molar-refractivity contribution in [1.29, 1.82) is 0 Å². The predicted octanol–water partition coefficient (Wildman–Crippen LogP) is -0.590. The molecular weight excluding hydrogens is 180 g/mol. The lowest BCUT2D eigenvalue weighted by Crippen LogP contribution is -2.49. The highest BCUT2D eigenvalue weighted by atomic mass is 16.5. The van der Waals surface area contributed by atoms with Crippen LogP contribution in [0.1, 0.15) is 0 Å². The summed E-state index contributed by atoms with van der Waals surface area (Å²) in [6, 6.07) is 0. The minimum atomic E-state index is 0.0628. The molecule has 4 heteroatoms. The van der Waals surface area contributed by atoms with Crippen molar-refractivity contribution in [3.8, 4) is 12.3 Å². The lowest BCUT2D eigenvalue weighted by molar-refractivity contribution is -0.136. The minimum absolute atomic E-state index is 0.0628. The van der Waals surface area contributed by atoms with E-state index in [1.165, 1.54) is 7.11 Å². The third-order valence-corrected chi connectivity index (χ3v) is 2.31. The number of piperazine rings is 1. The Morgan fingerprint density at radius 1 is 1.43 bits per heavy atom. The van der Waals surface area contributed by atoms with Crippen LogP contribution in [0.5, 0.6) is 0 Å². The molecule has 4 nitrogen and oxygen atoms in total. The van der Waals surface area contributed by atoms with E-state index in [4.69, 9.17) is 11.2 Å². The smallest absolute Gasteiger partial charge is 0.248 e. The Morgan fingerprint density at radius 2 is 2.07 bits per heavy atom. The molecule has 1 amide bonds. The highest BCUT2D eigenvalue weighted by molar-refractivity contribution is 5.77. The van der Waals surface area contributed by atoms with E-state index < -0.39 is 0 Å². The van der Waals surface area contributed by atoms with Gasteiger partial charge in [-0.2, -0.15) is 0 Å². The number of ether oxygens (including phenoxy) is 1. The van der Waals surface area contributed by atoms with Crippen molar-refractivity contribution in [2.45, 2.75) is 0 Å². The predicted molar refractivity (Wildman–Crippen MR) is 53.7 cm³/mol. The molecule has 0 radical (unpaired) electrons. The highest BCUT2D eigenvalue weighted by Crippen LogP contribution is 2.01. The maximum absolute atomic E-state index is 11.4. The Bertz CT molecular complexity index is 227. The zero-order valence-corrected chi connectivity index (χ0v) is 8.53. The second kappa shape index (κ2) is 5.63. The van der Waals surface area contributed by atoms with Gasteiger partial charge in [0.05, 0.1) is 6.54 Å².